The van der Waals surface area contributed by atoms with E-state index in [0.29, 0.717) is 17.6 Å². The maximum Gasteiger partial charge on any atom is 0.337 e. The average Bonchev–Trinajstić information content (AvgIpc) is 3.05. The number of imidazole rings is 1. The molecule has 112 valence electrons. The molecule has 0 aliphatic heterocycles. The highest BCUT2D eigenvalue weighted by atomic mass is 32.2. The van der Waals surface area contributed by atoms with E-state index in [0.717, 1.165) is 12.8 Å². The third-order valence-corrected chi connectivity index (χ3v) is 5.82. The number of aromatic amines is 1. The molecule has 0 saturated heterocycles. The summed E-state index contributed by atoms with van der Waals surface area (Å²) in [4.78, 5) is 26.5. The largest absolute Gasteiger partial charge is 0.478 e. The lowest BCUT2D eigenvalue weighted by atomic mass is 10.1. The van der Waals surface area contributed by atoms with Gasteiger partial charge in [-0.25, -0.2) is 9.59 Å². The van der Waals surface area contributed by atoms with Gasteiger partial charge < -0.3 is 10.1 Å². The SMILES string of the molecule is CSC1(Cn2c(=O)[nH]c3cccc(C(=O)O)c32)CCCC1. The lowest BCUT2D eigenvalue weighted by Crippen LogP contribution is -2.32. The van der Waals surface area contributed by atoms with Crippen LogP contribution in [0.2, 0.25) is 0 Å². The van der Waals surface area contributed by atoms with Crippen molar-refractivity contribution in [3.05, 3.63) is 34.2 Å². The fourth-order valence-electron chi connectivity index (χ4n) is 3.28. The minimum Gasteiger partial charge on any atom is -0.478 e. The van der Waals surface area contributed by atoms with Crippen molar-refractivity contribution in [2.45, 2.75) is 37.0 Å². The maximum atomic E-state index is 12.3. The normalized spacial score (nSPS) is 17.4. The number of H-pyrrole nitrogens is 1. The monoisotopic (exact) mass is 306 g/mol. The summed E-state index contributed by atoms with van der Waals surface area (Å²) in [7, 11) is 0. The maximum absolute atomic E-state index is 12.3. The van der Waals surface area contributed by atoms with Crippen LogP contribution in [-0.4, -0.2) is 31.6 Å². The second-order valence-corrected chi connectivity index (χ2v) is 6.89. The van der Waals surface area contributed by atoms with Crippen LogP contribution in [0.25, 0.3) is 11.0 Å². The zero-order valence-electron chi connectivity index (χ0n) is 11.9. The molecule has 1 aliphatic rings. The second kappa shape index (κ2) is 5.26. The van der Waals surface area contributed by atoms with Gasteiger partial charge in [0.15, 0.2) is 0 Å². The van der Waals surface area contributed by atoms with E-state index < -0.39 is 5.97 Å². The van der Waals surface area contributed by atoms with Crippen LogP contribution in [0.5, 0.6) is 0 Å². The van der Waals surface area contributed by atoms with Crippen molar-refractivity contribution in [2.75, 3.05) is 6.26 Å². The van der Waals surface area contributed by atoms with Gasteiger partial charge in [-0.1, -0.05) is 18.9 Å². The lowest BCUT2D eigenvalue weighted by Gasteiger charge is -2.27. The highest BCUT2D eigenvalue weighted by Crippen LogP contribution is 2.41. The van der Waals surface area contributed by atoms with E-state index in [4.69, 9.17) is 0 Å². The molecule has 0 bridgehead atoms. The molecule has 1 aromatic heterocycles. The molecule has 0 radical (unpaired) electrons. The fraction of sp³-hybridized carbons (Fsp3) is 0.467. The summed E-state index contributed by atoms with van der Waals surface area (Å²) < 4.78 is 1.66. The average molecular weight is 306 g/mol. The van der Waals surface area contributed by atoms with E-state index in [-0.39, 0.29) is 16.0 Å². The van der Waals surface area contributed by atoms with Crippen LogP contribution in [0.3, 0.4) is 0 Å². The number of carboxylic acids is 1. The minimum absolute atomic E-state index is 0.0462. The molecule has 0 unspecified atom stereocenters. The van der Waals surface area contributed by atoms with Crippen molar-refractivity contribution in [2.24, 2.45) is 0 Å². The summed E-state index contributed by atoms with van der Waals surface area (Å²) in [6.45, 7) is 0.567. The van der Waals surface area contributed by atoms with E-state index in [1.165, 1.54) is 12.8 Å². The van der Waals surface area contributed by atoms with E-state index in [9.17, 15) is 14.7 Å². The van der Waals surface area contributed by atoms with Crippen LogP contribution in [0.4, 0.5) is 0 Å². The van der Waals surface area contributed by atoms with Crippen LogP contribution in [-0.2, 0) is 6.54 Å². The van der Waals surface area contributed by atoms with Gasteiger partial charge in [-0.3, -0.25) is 4.57 Å². The van der Waals surface area contributed by atoms with Crippen LogP contribution < -0.4 is 5.69 Å². The number of benzene rings is 1. The second-order valence-electron chi connectivity index (χ2n) is 5.62. The summed E-state index contributed by atoms with van der Waals surface area (Å²) in [6.07, 6.45) is 6.56. The molecule has 5 nitrogen and oxygen atoms in total. The van der Waals surface area contributed by atoms with Gasteiger partial charge in [-0.05, 0) is 31.2 Å². The van der Waals surface area contributed by atoms with Crippen molar-refractivity contribution in [3.63, 3.8) is 0 Å². The van der Waals surface area contributed by atoms with Gasteiger partial charge in [0.1, 0.15) is 0 Å². The first-order valence-corrected chi connectivity index (χ1v) is 8.29. The number of carboxylic acid groups (broad SMARTS) is 1. The number of para-hydroxylation sites is 1. The molecule has 1 aromatic carbocycles. The van der Waals surface area contributed by atoms with Crippen molar-refractivity contribution < 1.29 is 9.90 Å². The molecular weight excluding hydrogens is 288 g/mol. The molecule has 0 spiro atoms. The van der Waals surface area contributed by atoms with Crippen molar-refractivity contribution in [1.82, 2.24) is 9.55 Å². The van der Waals surface area contributed by atoms with Gasteiger partial charge >= 0.3 is 11.7 Å². The van der Waals surface area contributed by atoms with Crippen LogP contribution in [0.1, 0.15) is 36.0 Å². The first-order valence-electron chi connectivity index (χ1n) is 7.06. The Morgan fingerprint density at radius 2 is 2.14 bits per heavy atom. The quantitative estimate of drug-likeness (QED) is 0.910. The fourth-order valence-corrected chi connectivity index (χ4v) is 4.23. The van der Waals surface area contributed by atoms with Crippen LogP contribution in [0, 0.1) is 0 Å². The zero-order chi connectivity index (χ0) is 15.0. The molecule has 1 fully saturated rings. The van der Waals surface area contributed by atoms with Crippen molar-refractivity contribution >= 4 is 28.8 Å². The topological polar surface area (TPSA) is 75.1 Å². The van der Waals surface area contributed by atoms with Crippen molar-refractivity contribution in [1.29, 1.82) is 0 Å². The number of nitrogens with zero attached hydrogens (tertiary/aromatic N) is 1. The van der Waals surface area contributed by atoms with Crippen LogP contribution >= 0.6 is 11.8 Å². The number of thioether (sulfide) groups is 1. The Bertz CT molecular complexity index is 741. The van der Waals surface area contributed by atoms with E-state index >= 15 is 0 Å². The molecular formula is C15H18N2O3S. The minimum atomic E-state index is -1.00. The summed E-state index contributed by atoms with van der Waals surface area (Å²) in [6, 6.07) is 4.96. The van der Waals surface area contributed by atoms with E-state index in [1.807, 2.05) is 0 Å². The Kier molecular flexibility index (Phi) is 3.57. The van der Waals surface area contributed by atoms with Gasteiger partial charge in [0.2, 0.25) is 0 Å². The Hall–Kier alpha value is -1.69. The van der Waals surface area contributed by atoms with E-state index in [2.05, 4.69) is 11.2 Å². The number of aromatic nitrogens is 2. The molecule has 2 N–H and O–H groups in total. The summed E-state index contributed by atoms with van der Waals surface area (Å²) in [5.74, 6) is -1.00. The molecule has 0 amide bonds. The number of rotatable bonds is 4. The summed E-state index contributed by atoms with van der Waals surface area (Å²) in [5.41, 5.74) is 1.06. The molecule has 0 atom stereocenters. The number of hydrogen-bond donors (Lipinski definition) is 2. The Balaban J connectivity index is 2.16. The Labute approximate surface area is 126 Å². The first kappa shape index (κ1) is 14.3. The summed E-state index contributed by atoms with van der Waals surface area (Å²) in [5, 5.41) is 9.36. The Morgan fingerprint density at radius 1 is 1.43 bits per heavy atom. The van der Waals surface area contributed by atoms with Crippen molar-refractivity contribution in [3.8, 4) is 0 Å². The van der Waals surface area contributed by atoms with Gasteiger partial charge in [0.25, 0.3) is 0 Å². The standard InChI is InChI=1S/C15H18N2O3S/c1-21-15(7-2-3-8-15)9-17-12-10(13(18)19)5-4-6-11(12)16-14(17)20/h4-6H,2-3,7-9H2,1H3,(H,16,20)(H,18,19). The predicted molar refractivity (Wildman–Crippen MR) is 84.2 cm³/mol. The molecule has 6 heteroatoms. The first-order chi connectivity index (χ1) is 10.1. The third-order valence-electron chi connectivity index (χ3n) is 4.42. The van der Waals surface area contributed by atoms with E-state index in [1.54, 1.807) is 34.5 Å². The smallest absolute Gasteiger partial charge is 0.337 e. The molecule has 1 aliphatic carbocycles. The molecule has 1 saturated carbocycles. The highest BCUT2D eigenvalue weighted by molar-refractivity contribution is 8.00. The number of carbonyl (C=O) groups is 1. The number of hydrogen-bond acceptors (Lipinski definition) is 3. The number of nitrogens with one attached hydrogen (secondary N) is 1. The van der Waals surface area contributed by atoms with Crippen LogP contribution in [0.15, 0.2) is 23.0 Å². The lowest BCUT2D eigenvalue weighted by molar-refractivity contribution is 0.0698. The molecule has 21 heavy (non-hydrogen) atoms. The zero-order valence-corrected chi connectivity index (χ0v) is 12.7. The van der Waals surface area contributed by atoms with Gasteiger partial charge in [0.05, 0.1) is 16.6 Å². The highest BCUT2D eigenvalue weighted by Gasteiger charge is 2.34. The van der Waals surface area contributed by atoms with Gasteiger partial charge in [-0.2, -0.15) is 11.8 Å². The molecule has 3 rings (SSSR count). The molecule has 1 heterocycles. The van der Waals surface area contributed by atoms with Gasteiger partial charge in [-0.15, -0.1) is 0 Å². The third kappa shape index (κ3) is 2.37. The Morgan fingerprint density at radius 3 is 2.76 bits per heavy atom. The summed E-state index contributed by atoms with van der Waals surface area (Å²) >= 11 is 1.79. The number of aromatic carboxylic acids is 1. The number of fused-ring (bicyclic) bond motifs is 1. The molecule has 2 aromatic rings. The van der Waals surface area contributed by atoms with Gasteiger partial charge in [0, 0.05) is 11.3 Å². The predicted octanol–water partition coefficient (Wildman–Crippen LogP) is 2.70.